The van der Waals surface area contributed by atoms with Crippen LogP contribution in [0, 0.1) is 5.82 Å². The van der Waals surface area contributed by atoms with E-state index in [1.54, 1.807) is 23.6 Å². The van der Waals surface area contributed by atoms with Crippen LogP contribution in [0.15, 0.2) is 60.8 Å². The maximum absolute atomic E-state index is 13.3. The topological polar surface area (TPSA) is 50.7 Å². The molecule has 4 rings (SSSR count). The minimum Gasteiger partial charge on any atom is -0.378 e. The van der Waals surface area contributed by atoms with E-state index in [0.717, 1.165) is 26.7 Å². The van der Waals surface area contributed by atoms with Gasteiger partial charge in [0.05, 0.1) is 12.1 Å². The molecule has 0 atom stereocenters. The summed E-state index contributed by atoms with van der Waals surface area (Å²) in [7, 11) is 0. The van der Waals surface area contributed by atoms with Crippen LogP contribution in [0.5, 0.6) is 0 Å². The fourth-order valence-electron chi connectivity index (χ4n) is 2.47. The molecule has 0 unspecified atom stereocenters. The van der Waals surface area contributed by atoms with Crippen LogP contribution in [-0.4, -0.2) is 15.2 Å². The second-order valence-electron chi connectivity index (χ2n) is 5.24. The molecule has 2 heterocycles. The Bertz CT molecular complexity index is 985. The number of pyridine rings is 1. The van der Waals surface area contributed by atoms with E-state index in [2.05, 4.69) is 20.5 Å². The maximum Gasteiger partial charge on any atom is 0.147 e. The van der Waals surface area contributed by atoms with Gasteiger partial charge < -0.3 is 5.32 Å². The molecule has 118 valence electrons. The molecule has 0 spiro atoms. The van der Waals surface area contributed by atoms with Crippen molar-refractivity contribution in [3.05, 3.63) is 71.6 Å². The molecule has 0 fully saturated rings. The van der Waals surface area contributed by atoms with Gasteiger partial charge in [0.25, 0.3) is 0 Å². The number of rotatable bonds is 4. The normalized spacial score (nSPS) is 10.9. The Hall–Kier alpha value is -2.86. The maximum atomic E-state index is 13.3. The van der Waals surface area contributed by atoms with E-state index in [4.69, 9.17) is 0 Å². The standard InChI is InChI=1S/C18H13FN4S/c19-13-6-7-14-15(8-9-20-16(14)10-13)21-11-17-22-23-18(24-17)12-4-2-1-3-5-12/h1-10H,11H2,(H,20,21). The molecule has 0 saturated heterocycles. The summed E-state index contributed by atoms with van der Waals surface area (Å²) in [6, 6.07) is 16.4. The summed E-state index contributed by atoms with van der Waals surface area (Å²) in [4.78, 5) is 4.20. The Morgan fingerprint density at radius 2 is 1.88 bits per heavy atom. The van der Waals surface area contributed by atoms with Crippen molar-refractivity contribution in [2.75, 3.05) is 5.32 Å². The summed E-state index contributed by atoms with van der Waals surface area (Å²) in [5.41, 5.74) is 2.59. The third-order valence-corrected chi connectivity index (χ3v) is 4.59. The number of halogens is 1. The highest BCUT2D eigenvalue weighted by Gasteiger charge is 2.08. The molecule has 0 aliphatic rings. The third kappa shape index (κ3) is 2.96. The van der Waals surface area contributed by atoms with Crippen molar-refractivity contribution in [2.45, 2.75) is 6.54 Å². The minimum absolute atomic E-state index is 0.288. The molecule has 2 aromatic carbocycles. The molecule has 0 radical (unpaired) electrons. The molecule has 0 saturated carbocycles. The van der Waals surface area contributed by atoms with Gasteiger partial charge in [-0.1, -0.05) is 41.7 Å². The number of nitrogens with zero attached hydrogens (tertiary/aromatic N) is 3. The number of benzene rings is 2. The van der Waals surface area contributed by atoms with E-state index < -0.39 is 0 Å². The van der Waals surface area contributed by atoms with Crippen LogP contribution < -0.4 is 5.32 Å². The number of anilines is 1. The van der Waals surface area contributed by atoms with Crippen molar-refractivity contribution < 1.29 is 4.39 Å². The molecule has 2 aromatic heterocycles. The molecule has 24 heavy (non-hydrogen) atoms. The minimum atomic E-state index is -0.288. The molecule has 1 N–H and O–H groups in total. The summed E-state index contributed by atoms with van der Waals surface area (Å²) in [5.74, 6) is -0.288. The molecular weight excluding hydrogens is 323 g/mol. The highest BCUT2D eigenvalue weighted by molar-refractivity contribution is 7.14. The van der Waals surface area contributed by atoms with Gasteiger partial charge in [-0.2, -0.15) is 0 Å². The molecule has 0 bridgehead atoms. The molecule has 0 aliphatic heterocycles. The van der Waals surface area contributed by atoms with Crippen LogP contribution in [0.25, 0.3) is 21.5 Å². The SMILES string of the molecule is Fc1ccc2c(NCc3nnc(-c4ccccc4)s3)ccnc2c1. The predicted molar refractivity (Wildman–Crippen MR) is 94.4 cm³/mol. The van der Waals surface area contributed by atoms with Crippen LogP contribution in [0.2, 0.25) is 0 Å². The molecule has 4 nitrogen and oxygen atoms in total. The van der Waals surface area contributed by atoms with E-state index in [1.165, 1.54) is 12.1 Å². The molecule has 6 heteroatoms. The van der Waals surface area contributed by atoms with E-state index in [9.17, 15) is 4.39 Å². The second-order valence-corrected chi connectivity index (χ2v) is 6.30. The highest BCUT2D eigenvalue weighted by Crippen LogP contribution is 2.25. The Labute approximate surface area is 142 Å². The first-order chi connectivity index (χ1) is 11.8. The fraction of sp³-hybridized carbons (Fsp3) is 0.0556. The number of nitrogens with one attached hydrogen (secondary N) is 1. The van der Waals surface area contributed by atoms with Gasteiger partial charge in [0.2, 0.25) is 0 Å². The zero-order chi connectivity index (χ0) is 16.4. The molecule has 0 amide bonds. The number of hydrogen-bond acceptors (Lipinski definition) is 5. The van der Waals surface area contributed by atoms with Gasteiger partial charge in [0.15, 0.2) is 0 Å². The Morgan fingerprint density at radius 1 is 1.00 bits per heavy atom. The van der Waals surface area contributed by atoms with E-state index in [1.807, 2.05) is 36.4 Å². The first kappa shape index (κ1) is 14.7. The summed E-state index contributed by atoms with van der Waals surface area (Å²) in [6.07, 6.45) is 1.67. The first-order valence-corrected chi connectivity index (χ1v) is 8.27. The van der Waals surface area contributed by atoms with Gasteiger partial charge in [0, 0.05) is 28.9 Å². The van der Waals surface area contributed by atoms with E-state index >= 15 is 0 Å². The van der Waals surface area contributed by atoms with Gasteiger partial charge in [-0.05, 0) is 18.2 Å². The lowest BCUT2D eigenvalue weighted by atomic mass is 10.2. The molecular formula is C18H13FN4S. The molecule has 4 aromatic rings. The van der Waals surface area contributed by atoms with Crippen LogP contribution in [0.3, 0.4) is 0 Å². The van der Waals surface area contributed by atoms with Crippen molar-refractivity contribution in [3.8, 4) is 10.6 Å². The predicted octanol–water partition coefficient (Wildman–Crippen LogP) is 4.50. The van der Waals surface area contributed by atoms with Crippen molar-refractivity contribution in [3.63, 3.8) is 0 Å². The van der Waals surface area contributed by atoms with Crippen LogP contribution in [0.4, 0.5) is 10.1 Å². The fourth-order valence-corrected chi connectivity index (χ4v) is 3.25. The number of aromatic nitrogens is 3. The Balaban J connectivity index is 1.55. The van der Waals surface area contributed by atoms with Gasteiger partial charge in [-0.25, -0.2) is 4.39 Å². The zero-order valence-corrected chi connectivity index (χ0v) is 13.4. The monoisotopic (exact) mass is 336 g/mol. The third-order valence-electron chi connectivity index (χ3n) is 3.62. The summed E-state index contributed by atoms with van der Waals surface area (Å²) >= 11 is 1.55. The quantitative estimate of drug-likeness (QED) is 0.596. The van der Waals surface area contributed by atoms with Crippen LogP contribution in [0.1, 0.15) is 5.01 Å². The highest BCUT2D eigenvalue weighted by atomic mass is 32.1. The van der Waals surface area contributed by atoms with Gasteiger partial charge in [0.1, 0.15) is 15.8 Å². The summed E-state index contributed by atoms with van der Waals surface area (Å²) in [5, 5.41) is 14.5. The van der Waals surface area contributed by atoms with Crippen molar-refractivity contribution in [2.24, 2.45) is 0 Å². The van der Waals surface area contributed by atoms with E-state index in [0.29, 0.717) is 12.1 Å². The Morgan fingerprint density at radius 3 is 2.75 bits per heavy atom. The van der Waals surface area contributed by atoms with Crippen molar-refractivity contribution >= 4 is 27.9 Å². The average Bonchev–Trinajstić information content (AvgIpc) is 3.09. The van der Waals surface area contributed by atoms with Gasteiger partial charge in [-0.15, -0.1) is 10.2 Å². The lowest BCUT2D eigenvalue weighted by Crippen LogP contribution is -2.00. The lowest BCUT2D eigenvalue weighted by molar-refractivity contribution is 0.629. The largest absolute Gasteiger partial charge is 0.378 e. The summed E-state index contributed by atoms with van der Waals surface area (Å²) < 4.78 is 13.3. The Kier molecular flexibility index (Phi) is 3.88. The first-order valence-electron chi connectivity index (χ1n) is 7.45. The van der Waals surface area contributed by atoms with Crippen molar-refractivity contribution in [1.82, 2.24) is 15.2 Å². The van der Waals surface area contributed by atoms with E-state index in [-0.39, 0.29) is 5.82 Å². The smallest absolute Gasteiger partial charge is 0.147 e. The molecule has 0 aliphatic carbocycles. The van der Waals surface area contributed by atoms with Crippen LogP contribution in [-0.2, 0) is 6.54 Å². The number of fused-ring (bicyclic) bond motifs is 1. The lowest BCUT2D eigenvalue weighted by Gasteiger charge is -2.07. The van der Waals surface area contributed by atoms with Crippen molar-refractivity contribution in [1.29, 1.82) is 0 Å². The van der Waals surface area contributed by atoms with Crippen LogP contribution >= 0.6 is 11.3 Å². The average molecular weight is 336 g/mol. The van der Waals surface area contributed by atoms with Gasteiger partial charge in [-0.3, -0.25) is 4.98 Å². The van der Waals surface area contributed by atoms with Gasteiger partial charge >= 0.3 is 0 Å². The number of hydrogen-bond donors (Lipinski definition) is 1. The zero-order valence-electron chi connectivity index (χ0n) is 12.6. The second kappa shape index (κ2) is 6.33. The summed E-state index contributed by atoms with van der Waals surface area (Å²) in [6.45, 7) is 0.557.